The summed E-state index contributed by atoms with van der Waals surface area (Å²) >= 11 is 6.69. The van der Waals surface area contributed by atoms with Crippen LogP contribution in [0.4, 0.5) is 0 Å². The molecule has 12 heteroatoms. The van der Waals surface area contributed by atoms with Crippen molar-refractivity contribution in [1.29, 1.82) is 0 Å². The Kier molecular flexibility index (Phi) is 24.0. The minimum Gasteiger partial charge on any atom is -0.463 e. The number of fused-ring (bicyclic) bond motifs is 13. The molecular formula is C96H133O4S8+5. The van der Waals surface area contributed by atoms with E-state index in [4.69, 9.17) is 14.2 Å². The molecule has 584 valence electrons. The molecule has 13 aliphatic heterocycles. The van der Waals surface area contributed by atoms with Crippen molar-refractivity contribution in [2.45, 2.75) is 351 Å². The molecule has 10 bridgehead atoms. The van der Waals surface area contributed by atoms with Crippen LogP contribution in [-0.2, 0) is 101 Å². The highest BCUT2D eigenvalue weighted by atomic mass is 32.2. The molecule has 5 aromatic rings. The van der Waals surface area contributed by atoms with Crippen LogP contribution in [0.15, 0.2) is 170 Å². The number of thioether (sulfide) groups is 3. The van der Waals surface area contributed by atoms with Gasteiger partial charge in [0.15, 0.2) is 24.5 Å². The fraction of sp³-hybridized carbons (Fsp3) is 0.635. The fourth-order valence-electron chi connectivity index (χ4n) is 20.8. The van der Waals surface area contributed by atoms with Gasteiger partial charge in [0.25, 0.3) is 0 Å². The molecule has 14 fully saturated rings. The van der Waals surface area contributed by atoms with E-state index in [9.17, 15) is 4.79 Å². The standard InChI is InChI=1S/C21H29O2S.C20H27OS2.C19H27S3.C18H25OS.C18H25S/c1-5-23-20(22)14-15-12-18-10-11-19(13-15)24(18)17-8-6-16(7-9-17)21(2,3)4;1-19(2,3)13-4-6-14(7-5-13)23-17-11-20(21-8-9-22-20)12-18(23)16-10-15(16)17;1-18(2,3)14-4-6-15(7-5-14)22-16-8-9-17(22)13-19(12-16)20-10-11-21-19;1-17(2,3)13-4-6-14(7-5-13)20-15-8-9-16(20)11-18(10-15)12-19-18;1-13-11-16-9-10-17(12-13)19(16)15-7-5-14(6-8-15)18(2,3)4/h6-9,14,18-19H,5,10-13H2,1-4H3;4-7,15-18H,8-12H2,1-3H3;4-7,16-17H,8-13H2,1-3H3;4-7,15-16H,8-12H2,1-3H3;5-8,16-17H,1,9-12H2,2-4H3/q5*+1. The third-order valence-corrected chi connectivity index (χ3v) is 46.9. The van der Waals surface area contributed by atoms with Crippen LogP contribution < -0.4 is 0 Å². The first-order valence-electron chi connectivity index (χ1n) is 42.1. The maximum Gasteiger partial charge on any atom is 0.330 e. The van der Waals surface area contributed by atoms with Gasteiger partial charge in [0.05, 0.1) is 23.9 Å². The van der Waals surface area contributed by atoms with Crippen LogP contribution >= 0.6 is 35.3 Å². The summed E-state index contributed by atoms with van der Waals surface area (Å²) in [4.78, 5) is 20.0. The normalized spacial score (nSPS) is 34.8. The summed E-state index contributed by atoms with van der Waals surface area (Å²) in [5, 5.41) is 8.77. The second kappa shape index (κ2) is 32.0. The Balaban J connectivity index is 0.000000108. The van der Waals surface area contributed by atoms with Gasteiger partial charge in [0, 0.05) is 205 Å². The maximum atomic E-state index is 11.7. The zero-order valence-electron chi connectivity index (χ0n) is 68.8. The Bertz CT molecular complexity index is 3880. The molecule has 12 atom stereocenters. The minimum absolute atomic E-state index is 0.164. The van der Waals surface area contributed by atoms with Gasteiger partial charge in [-0.25, -0.2) is 4.79 Å². The lowest BCUT2D eigenvalue weighted by molar-refractivity contribution is -0.137. The van der Waals surface area contributed by atoms with E-state index in [2.05, 4.69) is 267 Å². The smallest absolute Gasteiger partial charge is 0.330 e. The summed E-state index contributed by atoms with van der Waals surface area (Å²) in [5.41, 5.74) is 11.7. The predicted octanol–water partition coefficient (Wildman–Crippen LogP) is 23.7. The average molecular weight is 1610 g/mol. The number of esters is 1. The molecule has 1 aliphatic carbocycles. The second-order valence-electron chi connectivity index (χ2n) is 39.7. The maximum absolute atomic E-state index is 11.7. The van der Waals surface area contributed by atoms with Crippen LogP contribution in [0.3, 0.4) is 0 Å². The van der Waals surface area contributed by atoms with Gasteiger partial charge in [-0.1, -0.05) is 182 Å². The Labute approximate surface area is 682 Å². The van der Waals surface area contributed by atoms with Crippen LogP contribution in [0.1, 0.15) is 261 Å². The van der Waals surface area contributed by atoms with Gasteiger partial charge in [0.1, 0.15) is 63.0 Å². The van der Waals surface area contributed by atoms with E-state index in [1.54, 1.807) is 25.7 Å². The van der Waals surface area contributed by atoms with Crippen molar-refractivity contribution in [2.75, 3.05) is 37.1 Å². The van der Waals surface area contributed by atoms with Crippen molar-refractivity contribution in [2.24, 2.45) is 11.8 Å². The predicted molar refractivity (Wildman–Crippen MR) is 478 cm³/mol. The Hall–Kier alpha value is -2.23. The topological polar surface area (TPSA) is 48.1 Å². The molecule has 108 heavy (non-hydrogen) atoms. The van der Waals surface area contributed by atoms with Crippen LogP contribution in [-0.4, -0.2) is 110 Å². The molecule has 0 N–H and O–H groups in total. The second-order valence-corrected chi connectivity index (χ2v) is 57.0. The third-order valence-electron chi connectivity index (χ3n) is 26.7. The highest BCUT2D eigenvalue weighted by molar-refractivity contribution is 8.21. The Morgan fingerprint density at radius 3 is 1.06 bits per heavy atom. The van der Waals surface area contributed by atoms with Crippen LogP contribution in [0.5, 0.6) is 0 Å². The first-order valence-corrected chi connectivity index (χ1v) is 51.8. The molecule has 0 radical (unpaired) electrons. The number of hydrogen-bond acceptors (Lipinski definition) is 7. The van der Waals surface area contributed by atoms with Gasteiger partial charge in [-0.05, 0) is 129 Å². The van der Waals surface area contributed by atoms with Gasteiger partial charge >= 0.3 is 5.97 Å². The molecule has 3 spiro atoms. The van der Waals surface area contributed by atoms with Crippen molar-refractivity contribution < 1.29 is 19.0 Å². The first-order chi connectivity index (χ1) is 51.2. The fourth-order valence-corrected chi connectivity index (χ4v) is 43.8. The van der Waals surface area contributed by atoms with Crippen molar-refractivity contribution in [3.05, 3.63) is 173 Å². The summed E-state index contributed by atoms with van der Waals surface area (Å²) in [6, 6.07) is 47.8. The summed E-state index contributed by atoms with van der Waals surface area (Å²) < 4.78 is 17.7. The number of carbonyl (C=O) groups is 1. The average Bonchev–Trinajstić information content (AvgIpc) is 1.53. The van der Waals surface area contributed by atoms with Crippen molar-refractivity contribution in [3.63, 3.8) is 0 Å². The van der Waals surface area contributed by atoms with Crippen LogP contribution in [0.25, 0.3) is 0 Å². The number of epoxide rings is 1. The Morgan fingerprint density at radius 2 is 0.741 bits per heavy atom. The van der Waals surface area contributed by atoms with Crippen molar-refractivity contribution >= 4 is 95.7 Å². The third kappa shape index (κ3) is 17.9. The van der Waals surface area contributed by atoms with E-state index < -0.39 is 0 Å². The minimum atomic E-state index is -0.164. The molecule has 13 heterocycles. The van der Waals surface area contributed by atoms with Gasteiger partial charge in [-0.15, -0.1) is 35.3 Å². The van der Waals surface area contributed by atoms with E-state index in [0.29, 0.717) is 81.3 Å². The number of hydrogen-bond donors (Lipinski definition) is 0. The molecule has 12 unspecified atom stereocenters. The van der Waals surface area contributed by atoms with E-state index in [1.165, 1.54) is 170 Å². The number of rotatable bonds is 7. The summed E-state index contributed by atoms with van der Waals surface area (Å²) in [5.74, 6) is 5.87. The number of carbonyl (C=O) groups excluding carboxylic acids is 1. The number of allylic oxidation sites excluding steroid dienone is 2. The Morgan fingerprint density at radius 1 is 0.426 bits per heavy atom. The summed E-state index contributed by atoms with van der Waals surface area (Å²) in [6.45, 7) is 43.0. The molecule has 14 aliphatic rings. The lowest BCUT2D eigenvalue weighted by Gasteiger charge is -2.37. The van der Waals surface area contributed by atoms with E-state index in [0.717, 1.165) is 79.9 Å². The largest absolute Gasteiger partial charge is 0.463 e. The number of benzene rings is 5. The van der Waals surface area contributed by atoms with Gasteiger partial charge in [0.2, 0.25) is 0 Å². The SMILES string of the molecule is C=C1CC2CCC(C1)[S+]2c1ccc(C(C)(C)C)cc1.CC(C)(C)c1ccc([S+]2C3CC4(CC2C2CC23)OCCS4)cc1.CC(C)(C)c1ccc([S+]2C3CCC2CC2(C3)SCCS2)cc1.CC(C)(C)c1ccc([S+]2C3CCC2CC2(CO2)C3)cc1.CCOC(=O)C=C1CC2CCC(C1)[S+]2c1ccc(C(C)(C)C)cc1. The van der Waals surface area contributed by atoms with Crippen molar-refractivity contribution in [3.8, 4) is 0 Å². The van der Waals surface area contributed by atoms with E-state index in [-0.39, 0.29) is 38.0 Å². The van der Waals surface area contributed by atoms with Gasteiger partial charge in [-0.2, -0.15) is 0 Å². The van der Waals surface area contributed by atoms with Gasteiger partial charge in [-0.3, -0.25) is 0 Å². The first kappa shape index (κ1) is 80.9. The summed E-state index contributed by atoms with van der Waals surface area (Å²) in [7, 11) is 2.35. The van der Waals surface area contributed by atoms with E-state index >= 15 is 0 Å². The van der Waals surface area contributed by atoms with Crippen LogP contribution in [0.2, 0.25) is 0 Å². The lowest BCUT2D eigenvalue weighted by Crippen LogP contribution is -2.45. The molecular weight excluding hydrogens is 1470 g/mol. The zero-order valence-corrected chi connectivity index (χ0v) is 75.4. The van der Waals surface area contributed by atoms with Crippen LogP contribution in [0, 0.1) is 11.8 Å². The lowest BCUT2D eigenvalue weighted by atomic mass is 9.87. The molecule has 1 saturated carbocycles. The monoisotopic (exact) mass is 1610 g/mol. The molecule has 0 aromatic heterocycles. The van der Waals surface area contributed by atoms with Crippen molar-refractivity contribution in [1.82, 2.24) is 0 Å². The molecule has 13 saturated heterocycles. The highest BCUT2D eigenvalue weighted by Gasteiger charge is 2.73. The molecule has 4 nitrogen and oxygen atoms in total. The summed E-state index contributed by atoms with van der Waals surface area (Å²) in [6.07, 6.45) is 27.5. The molecule has 0 amide bonds. The molecule has 19 rings (SSSR count). The van der Waals surface area contributed by atoms with E-state index in [1.807, 2.05) is 6.92 Å². The van der Waals surface area contributed by atoms with Gasteiger partial charge < -0.3 is 14.2 Å². The quantitative estimate of drug-likeness (QED) is 0.0529. The zero-order chi connectivity index (χ0) is 76.1. The number of ether oxygens (including phenoxy) is 3. The highest BCUT2D eigenvalue weighted by Crippen LogP contribution is 2.67. The molecule has 5 aromatic carbocycles.